The minimum Gasteiger partial charge on any atom is -0.365 e. The Labute approximate surface area is 126 Å². The predicted octanol–water partition coefficient (Wildman–Crippen LogP) is 2.51. The zero-order chi connectivity index (χ0) is 14.8. The number of hydrogen-bond acceptors (Lipinski definition) is 5. The topological polar surface area (TPSA) is 77.1 Å². The Morgan fingerprint density at radius 2 is 2.33 bits per heavy atom. The van der Waals surface area contributed by atoms with Gasteiger partial charge in [0.25, 0.3) is 5.69 Å². The van der Waals surface area contributed by atoms with Crippen LogP contribution in [0.25, 0.3) is 0 Å². The first-order valence-corrected chi connectivity index (χ1v) is 7.06. The van der Waals surface area contributed by atoms with Gasteiger partial charge in [-0.15, -0.1) is 0 Å². The third-order valence-corrected chi connectivity index (χ3v) is 4.00. The number of aromatic nitrogens is 3. The zero-order valence-electron chi connectivity index (χ0n) is 11.2. The van der Waals surface area contributed by atoms with Gasteiger partial charge in [0.05, 0.1) is 22.2 Å². The summed E-state index contributed by atoms with van der Waals surface area (Å²) >= 11 is 6.22. The van der Waals surface area contributed by atoms with Crippen LogP contribution in [0.1, 0.15) is 12.8 Å². The molecule has 1 atom stereocenters. The number of nitro benzene ring substituents is 1. The molecule has 3 rings (SSSR count). The van der Waals surface area contributed by atoms with E-state index in [1.54, 1.807) is 17.1 Å². The van der Waals surface area contributed by atoms with E-state index in [0.29, 0.717) is 5.02 Å². The van der Waals surface area contributed by atoms with Crippen molar-refractivity contribution in [1.82, 2.24) is 14.8 Å². The number of non-ortho nitro benzene ring substituents is 1. The molecule has 1 aromatic heterocycles. The number of hydrogen-bond donors (Lipinski definition) is 0. The van der Waals surface area contributed by atoms with Gasteiger partial charge in [-0.3, -0.25) is 14.8 Å². The van der Waals surface area contributed by atoms with E-state index in [9.17, 15) is 10.1 Å². The molecule has 0 saturated carbocycles. The molecule has 110 valence electrons. The van der Waals surface area contributed by atoms with Gasteiger partial charge in [0, 0.05) is 24.7 Å². The second-order valence-electron chi connectivity index (χ2n) is 5.00. The summed E-state index contributed by atoms with van der Waals surface area (Å²) in [5.41, 5.74) is 0.848. The summed E-state index contributed by atoms with van der Waals surface area (Å²) in [4.78, 5) is 16.5. The van der Waals surface area contributed by atoms with E-state index in [1.165, 1.54) is 18.5 Å². The molecule has 0 spiro atoms. The summed E-state index contributed by atoms with van der Waals surface area (Å²) in [6.07, 6.45) is 5.30. The minimum absolute atomic E-state index is 0.00998. The molecule has 1 fully saturated rings. The standard InChI is InChI=1S/C13H14ClN5O2/c14-12-6-10(19(20)21)3-4-13(12)18-5-1-2-11(18)7-17-9-15-8-16-17/h3-4,6,8-9,11H,1-2,5,7H2/t11-/m1/s1. The van der Waals surface area contributed by atoms with Crippen molar-refractivity contribution >= 4 is 23.0 Å². The van der Waals surface area contributed by atoms with Gasteiger partial charge in [0.1, 0.15) is 12.7 Å². The molecular weight excluding hydrogens is 294 g/mol. The minimum atomic E-state index is -0.438. The fraction of sp³-hybridized carbons (Fsp3) is 0.385. The molecule has 0 radical (unpaired) electrons. The van der Waals surface area contributed by atoms with Crippen molar-refractivity contribution < 1.29 is 4.92 Å². The first-order chi connectivity index (χ1) is 10.1. The molecule has 7 nitrogen and oxygen atoms in total. The van der Waals surface area contributed by atoms with Gasteiger partial charge < -0.3 is 4.90 Å². The largest absolute Gasteiger partial charge is 0.365 e. The normalized spacial score (nSPS) is 18.1. The second kappa shape index (κ2) is 5.69. The van der Waals surface area contributed by atoms with Gasteiger partial charge >= 0.3 is 0 Å². The van der Waals surface area contributed by atoms with Gasteiger partial charge in [0.15, 0.2) is 0 Å². The number of rotatable bonds is 4. The summed E-state index contributed by atoms with van der Waals surface area (Å²) in [7, 11) is 0. The Morgan fingerprint density at radius 1 is 1.48 bits per heavy atom. The van der Waals surface area contributed by atoms with Gasteiger partial charge in [-0.25, -0.2) is 4.98 Å². The first-order valence-electron chi connectivity index (χ1n) is 6.68. The first kappa shape index (κ1) is 13.8. The predicted molar refractivity (Wildman–Crippen MR) is 78.5 cm³/mol. The van der Waals surface area contributed by atoms with Crippen LogP contribution in [-0.2, 0) is 6.54 Å². The van der Waals surface area contributed by atoms with Crippen LogP contribution in [0, 0.1) is 10.1 Å². The highest BCUT2D eigenvalue weighted by Crippen LogP contribution is 2.34. The quantitative estimate of drug-likeness (QED) is 0.640. The number of anilines is 1. The smallest absolute Gasteiger partial charge is 0.271 e. The van der Waals surface area contributed by atoms with E-state index in [0.717, 1.165) is 31.6 Å². The molecule has 1 aromatic carbocycles. The van der Waals surface area contributed by atoms with E-state index >= 15 is 0 Å². The van der Waals surface area contributed by atoms with Crippen LogP contribution in [0.4, 0.5) is 11.4 Å². The van der Waals surface area contributed by atoms with Crippen molar-refractivity contribution in [1.29, 1.82) is 0 Å². The number of nitro groups is 1. The van der Waals surface area contributed by atoms with Crippen molar-refractivity contribution in [2.45, 2.75) is 25.4 Å². The van der Waals surface area contributed by atoms with Gasteiger partial charge in [-0.2, -0.15) is 5.10 Å². The van der Waals surface area contributed by atoms with E-state index in [4.69, 9.17) is 11.6 Å². The van der Waals surface area contributed by atoms with Crippen LogP contribution >= 0.6 is 11.6 Å². The molecule has 8 heteroatoms. The Bertz CT molecular complexity index is 646. The molecule has 0 unspecified atom stereocenters. The van der Waals surface area contributed by atoms with Crippen molar-refractivity contribution in [3.63, 3.8) is 0 Å². The van der Waals surface area contributed by atoms with E-state index in [1.807, 2.05) is 0 Å². The molecule has 0 aliphatic carbocycles. The highest BCUT2D eigenvalue weighted by atomic mass is 35.5. The summed E-state index contributed by atoms with van der Waals surface area (Å²) in [6.45, 7) is 1.62. The second-order valence-corrected chi connectivity index (χ2v) is 5.41. The average Bonchev–Trinajstić information content (AvgIpc) is 3.11. The molecular formula is C13H14ClN5O2. The molecule has 21 heavy (non-hydrogen) atoms. The summed E-state index contributed by atoms with van der Waals surface area (Å²) in [5.74, 6) is 0. The van der Waals surface area contributed by atoms with Crippen LogP contribution in [0.5, 0.6) is 0 Å². The molecule has 2 aromatic rings. The third-order valence-electron chi connectivity index (χ3n) is 3.69. The van der Waals surface area contributed by atoms with Crippen molar-refractivity contribution in [3.05, 3.63) is 46.0 Å². The van der Waals surface area contributed by atoms with Gasteiger partial charge in [-0.1, -0.05) is 11.6 Å². The van der Waals surface area contributed by atoms with Crippen LogP contribution < -0.4 is 4.90 Å². The highest BCUT2D eigenvalue weighted by Gasteiger charge is 2.27. The lowest BCUT2D eigenvalue weighted by atomic mass is 10.2. The molecule has 0 N–H and O–H groups in total. The molecule has 1 saturated heterocycles. The Morgan fingerprint density at radius 3 is 3.00 bits per heavy atom. The van der Waals surface area contributed by atoms with Gasteiger partial charge in [0.2, 0.25) is 0 Å². The van der Waals surface area contributed by atoms with Gasteiger partial charge in [-0.05, 0) is 18.9 Å². The maximum atomic E-state index is 10.8. The lowest BCUT2D eigenvalue weighted by molar-refractivity contribution is -0.384. The maximum absolute atomic E-state index is 10.8. The maximum Gasteiger partial charge on any atom is 0.271 e. The third kappa shape index (κ3) is 2.82. The SMILES string of the molecule is O=[N+]([O-])c1ccc(N2CCC[C@@H]2Cn2cncn2)c(Cl)c1. The Hall–Kier alpha value is -2.15. The van der Waals surface area contributed by atoms with Crippen molar-refractivity contribution in [2.75, 3.05) is 11.4 Å². The van der Waals surface area contributed by atoms with Crippen LogP contribution in [0.2, 0.25) is 5.02 Å². The number of halogens is 1. The summed E-state index contributed by atoms with van der Waals surface area (Å²) in [6, 6.07) is 4.89. The lowest BCUT2D eigenvalue weighted by Gasteiger charge is -2.27. The van der Waals surface area contributed by atoms with Crippen LogP contribution in [0.15, 0.2) is 30.9 Å². The molecule has 0 bridgehead atoms. The molecule has 1 aliphatic heterocycles. The van der Waals surface area contributed by atoms with Crippen molar-refractivity contribution in [2.24, 2.45) is 0 Å². The molecule has 2 heterocycles. The van der Waals surface area contributed by atoms with E-state index in [2.05, 4.69) is 15.0 Å². The lowest BCUT2D eigenvalue weighted by Crippen LogP contribution is -2.33. The fourth-order valence-corrected chi connectivity index (χ4v) is 3.01. The highest BCUT2D eigenvalue weighted by molar-refractivity contribution is 6.33. The average molecular weight is 308 g/mol. The fourth-order valence-electron chi connectivity index (χ4n) is 2.73. The zero-order valence-corrected chi connectivity index (χ0v) is 12.0. The van der Waals surface area contributed by atoms with Crippen molar-refractivity contribution in [3.8, 4) is 0 Å². The monoisotopic (exact) mass is 307 g/mol. The summed E-state index contributed by atoms with van der Waals surface area (Å²) < 4.78 is 1.79. The Balaban J connectivity index is 1.83. The molecule has 1 aliphatic rings. The molecule has 0 amide bonds. The van der Waals surface area contributed by atoms with E-state index in [-0.39, 0.29) is 11.7 Å². The van der Waals surface area contributed by atoms with Crippen LogP contribution in [0.3, 0.4) is 0 Å². The van der Waals surface area contributed by atoms with Crippen LogP contribution in [-0.4, -0.2) is 32.3 Å². The van der Waals surface area contributed by atoms with E-state index < -0.39 is 4.92 Å². The Kier molecular flexibility index (Phi) is 3.74. The summed E-state index contributed by atoms with van der Waals surface area (Å²) in [5, 5.41) is 15.3. The number of nitrogens with zero attached hydrogens (tertiary/aromatic N) is 5. The number of benzene rings is 1.